The molecule has 4 nitrogen and oxygen atoms in total. The highest BCUT2D eigenvalue weighted by molar-refractivity contribution is 5.95. The van der Waals surface area contributed by atoms with Gasteiger partial charge in [0.1, 0.15) is 0 Å². The number of hydrogen-bond acceptors (Lipinski definition) is 3. The Kier molecular flexibility index (Phi) is 4.20. The summed E-state index contributed by atoms with van der Waals surface area (Å²) in [5.74, 6) is -0.647. The second kappa shape index (κ2) is 5.17. The van der Waals surface area contributed by atoms with Crippen molar-refractivity contribution in [3.05, 3.63) is 24.0 Å². The van der Waals surface area contributed by atoms with Crippen LogP contribution in [0.3, 0.4) is 0 Å². The molecular weight excluding hydrogens is 247 g/mol. The zero-order valence-corrected chi connectivity index (χ0v) is 12.0. The second-order valence-electron chi connectivity index (χ2n) is 5.65. The van der Waals surface area contributed by atoms with Gasteiger partial charge in [0.15, 0.2) is 11.6 Å². The minimum atomic E-state index is -0.788. The number of ether oxygens (including phenoxy) is 1. The van der Waals surface area contributed by atoms with E-state index in [0.29, 0.717) is 5.69 Å². The van der Waals surface area contributed by atoms with E-state index in [1.54, 1.807) is 33.8 Å². The molecule has 0 aliphatic carbocycles. The van der Waals surface area contributed by atoms with Crippen LogP contribution in [0.5, 0.6) is 5.75 Å². The molecule has 0 fully saturated rings. The Bertz CT molecular complexity index is 479. The fraction of sp³-hybridized carbons (Fsp3) is 0.500. The van der Waals surface area contributed by atoms with Gasteiger partial charge in [-0.1, -0.05) is 0 Å². The summed E-state index contributed by atoms with van der Waals surface area (Å²) in [4.78, 5) is 12.2. The molecule has 0 aromatic heterocycles. The van der Waals surface area contributed by atoms with E-state index in [-0.39, 0.29) is 11.7 Å². The topological polar surface area (TPSA) is 64.3 Å². The standard InChI is InChI=1S/C14H21FN2O2/c1-13(2,14(3,4)16)12(18)17-9-6-7-11(19-5)10(15)8-9/h6-8H,16H2,1-5H3,(H,17,18). The monoisotopic (exact) mass is 268 g/mol. The zero-order chi connectivity index (χ0) is 14.8. The van der Waals surface area contributed by atoms with Crippen molar-refractivity contribution < 1.29 is 13.9 Å². The van der Waals surface area contributed by atoms with Crippen LogP contribution in [0.1, 0.15) is 27.7 Å². The Labute approximate surface area is 113 Å². The average molecular weight is 268 g/mol. The molecule has 19 heavy (non-hydrogen) atoms. The number of anilines is 1. The van der Waals surface area contributed by atoms with Gasteiger partial charge in [0.05, 0.1) is 12.5 Å². The zero-order valence-electron chi connectivity index (χ0n) is 12.0. The van der Waals surface area contributed by atoms with Gasteiger partial charge in [-0.05, 0) is 39.8 Å². The fourth-order valence-electron chi connectivity index (χ4n) is 1.32. The number of methoxy groups -OCH3 is 1. The first-order chi connectivity index (χ1) is 8.59. The summed E-state index contributed by atoms with van der Waals surface area (Å²) in [5, 5.41) is 2.67. The summed E-state index contributed by atoms with van der Waals surface area (Å²) in [6.45, 7) is 7.06. The van der Waals surface area contributed by atoms with Crippen molar-refractivity contribution in [2.24, 2.45) is 11.1 Å². The summed E-state index contributed by atoms with van der Waals surface area (Å²) < 4.78 is 18.3. The van der Waals surface area contributed by atoms with Gasteiger partial charge < -0.3 is 15.8 Å². The summed E-state index contributed by atoms with van der Waals surface area (Å²) in [5.41, 5.74) is 4.88. The molecule has 0 saturated heterocycles. The third-order valence-corrected chi connectivity index (χ3v) is 3.59. The molecule has 1 rings (SSSR count). The average Bonchev–Trinajstić information content (AvgIpc) is 2.27. The summed E-state index contributed by atoms with van der Waals surface area (Å²) >= 11 is 0. The number of nitrogens with one attached hydrogen (secondary N) is 1. The highest BCUT2D eigenvalue weighted by Gasteiger charge is 2.40. The molecule has 5 heteroatoms. The van der Waals surface area contributed by atoms with Gasteiger partial charge in [-0.25, -0.2) is 4.39 Å². The van der Waals surface area contributed by atoms with Crippen molar-refractivity contribution in [3.8, 4) is 5.75 Å². The van der Waals surface area contributed by atoms with Crippen molar-refractivity contribution in [2.75, 3.05) is 12.4 Å². The van der Waals surface area contributed by atoms with Crippen molar-refractivity contribution in [2.45, 2.75) is 33.2 Å². The highest BCUT2D eigenvalue weighted by atomic mass is 19.1. The maximum atomic E-state index is 13.5. The Morgan fingerprint density at radius 1 is 1.32 bits per heavy atom. The van der Waals surface area contributed by atoms with Gasteiger partial charge in [0, 0.05) is 17.3 Å². The molecule has 0 spiro atoms. The van der Waals surface area contributed by atoms with Crippen LogP contribution in [0, 0.1) is 11.2 Å². The molecule has 1 aromatic carbocycles. The van der Waals surface area contributed by atoms with Crippen LogP contribution < -0.4 is 15.8 Å². The molecular formula is C14H21FN2O2. The first kappa shape index (κ1) is 15.4. The largest absolute Gasteiger partial charge is 0.494 e. The van der Waals surface area contributed by atoms with Crippen LogP contribution >= 0.6 is 0 Å². The van der Waals surface area contributed by atoms with E-state index in [4.69, 9.17) is 10.5 Å². The number of amides is 1. The quantitative estimate of drug-likeness (QED) is 0.882. The number of carbonyl (C=O) groups is 1. The number of benzene rings is 1. The molecule has 0 radical (unpaired) electrons. The number of rotatable bonds is 4. The number of hydrogen-bond donors (Lipinski definition) is 2. The van der Waals surface area contributed by atoms with Crippen LogP contribution in [0.2, 0.25) is 0 Å². The van der Waals surface area contributed by atoms with Crippen molar-refractivity contribution in [1.82, 2.24) is 0 Å². The Balaban J connectivity index is 2.92. The predicted molar refractivity (Wildman–Crippen MR) is 73.6 cm³/mol. The second-order valence-corrected chi connectivity index (χ2v) is 5.65. The van der Waals surface area contributed by atoms with E-state index >= 15 is 0 Å². The van der Waals surface area contributed by atoms with Crippen molar-refractivity contribution >= 4 is 11.6 Å². The molecule has 0 bridgehead atoms. The van der Waals surface area contributed by atoms with E-state index in [0.717, 1.165) is 0 Å². The lowest BCUT2D eigenvalue weighted by molar-refractivity contribution is -0.126. The van der Waals surface area contributed by atoms with Crippen LogP contribution in [0.25, 0.3) is 0 Å². The molecule has 3 N–H and O–H groups in total. The number of nitrogens with two attached hydrogens (primary N) is 1. The van der Waals surface area contributed by atoms with Crippen LogP contribution in [0.4, 0.5) is 10.1 Å². The van der Waals surface area contributed by atoms with E-state index in [1.165, 1.54) is 19.2 Å². The van der Waals surface area contributed by atoms with Gasteiger partial charge in [0.2, 0.25) is 5.91 Å². The molecule has 0 aliphatic rings. The minimum absolute atomic E-state index is 0.136. The Morgan fingerprint density at radius 2 is 1.89 bits per heavy atom. The first-order valence-corrected chi connectivity index (χ1v) is 6.03. The van der Waals surface area contributed by atoms with Gasteiger partial charge in [-0.3, -0.25) is 4.79 Å². The lowest BCUT2D eigenvalue weighted by Gasteiger charge is -2.36. The smallest absolute Gasteiger partial charge is 0.231 e. The van der Waals surface area contributed by atoms with E-state index < -0.39 is 16.8 Å². The lowest BCUT2D eigenvalue weighted by atomic mass is 9.74. The number of carbonyl (C=O) groups excluding carboxylic acids is 1. The molecule has 0 heterocycles. The van der Waals surface area contributed by atoms with Gasteiger partial charge >= 0.3 is 0 Å². The van der Waals surface area contributed by atoms with E-state index in [1.807, 2.05) is 0 Å². The SMILES string of the molecule is COc1ccc(NC(=O)C(C)(C)C(C)(C)N)cc1F. The normalized spacial score (nSPS) is 12.2. The maximum Gasteiger partial charge on any atom is 0.231 e. The lowest BCUT2D eigenvalue weighted by Crippen LogP contribution is -2.53. The van der Waals surface area contributed by atoms with Crippen LogP contribution in [-0.4, -0.2) is 18.6 Å². The summed E-state index contributed by atoms with van der Waals surface area (Å²) in [6.07, 6.45) is 0. The first-order valence-electron chi connectivity index (χ1n) is 6.03. The summed E-state index contributed by atoms with van der Waals surface area (Å²) in [7, 11) is 1.39. The summed E-state index contributed by atoms with van der Waals surface area (Å²) in [6, 6.07) is 4.27. The van der Waals surface area contributed by atoms with E-state index in [9.17, 15) is 9.18 Å². The third-order valence-electron chi connectivity index (χ3n) is 3.59. The predicted octanol–water partition coefficient (Wildman–Crippen LogP) is 2.54. The van der Waals surface area contributed by atoms with Gasteiger partial charge in [-0.2, -0.15) is 0 Å². The van der Waals surface area contributed by atoms with Crippen molar-refractivity contribution in [3.63, 3.8) is 0 Å². The van der Waals surface area contributed by atoms with Crippen LogP contribution in [0.15, 0.2) is 18.2 Å². The molecule has 0 atom stereocenters. The molecule has 0 aliphatic heterocycles. The molecule has 106 valence electrons. The molecule has 1 amide bonds. The van der Waals surface area contributed by atoms with Gasteiger partial charge in [-0.15, -0.1) is 0 Å². The highest BCUT2D eigenvalue weighted by Crippen LogP contribution is 2.30. The van der Waals surface area contributed by atoms with Crippen LogP contribution in [-0.2, 0) is 4.79 Å². The van der Waals surface area contributed by atoms with Crippen molar-refractivity contribution in [1.29, 1.82) is 0 Å². The molecule has 0 unspecified atom stereocenters. The Hall–Kier alpha value is -1.62. The van der Waals surface area contributed by atoms with E-state index in [2.05, 4.69) is 5.32 Å². The molecule has 0 saturated carbocycles. The fourth-order valence-corrected chi connectivity index (χ4v) is 1.32. The van der Waals surface area contributed by atoms with Gasteiger partial charge in [0.25, 0.3) is 0 Å². The number of halogens is 1. The molecule has 1 aromatic rings. The third kappa shape index (κ3) is 3.23. The minimum Gasteiger partial charge on any atom is -0.494 e. The maximum absolute atomic E-state index is 13.5. The Morgan fingerprint density at radius 3 is 2.32 bits per heavy atom.